The summed E-state index contributed by atoms with van der Waals surface area (Å²) in [6.07, 6.45) is 1.80. The maximum Gasteiger partial charge on any atom is 0.519 e. The molecular formula is C18H28N3O4+. The van der Waals surface area contributed by atoms with Gasteiger partial charge in [0.1, 0.15) is 5.60 Å². The van der Waals surface area contributed by atoms with E-state index in [0.29, 0.717) is 26.1 Å². The lowest BCUT2D eigenvalue weighted by Crippen LogP contribution is -2.63. The van der Waals surface area contributed by atoms with Gasteiger partial charge in [-0.3, -0.25) is 9.78 Å². The van der Waals surface area contributed by atoms with E-state index in [-0.39, 0.29) is 4.48 Å². The molecular weight excluding hydrogens is 322 g/mol. The Morgan fingerprint density at radius 2 is 2.00 bits per heavy atom. The van der Waals surface area contributed by atoms with Gasteiger partial charge in [-0.1, -0.05) is 6.07 Å². The summed E-state index contributed by atoms with van der Waals surface area (Å²) in [6, 6.07) is 5.58. The molecule has 138 valence electrons. The molecule has 0 saturated carbocycles. The van der Waals surface area contributed by atoms with Crippen molar-refractivity contribution < 1.29 is 23.9 Å². The smallest absolute Gasteiger partial charge is 0.414 e. The van der Waals surface area contributed by atoms with Gasteiger partial charge in [0, 0.05) is 37.7 Å². The molecule has 1 atom stereocenters. The number of aliphatic hydroxyl groups is 1. The van der Waals surface area contributed by atoms with E-state index in [1.54, 1.807) is 27.0 Å². The standard InChI is InChI=1S/C18H27N3O4/c1-18(2,3)25-17(24)21(12-6-7-13-21)16(23)15(22)20-11-9-14-8-4-5-10-19-14/h4-5,8,10,16,23H,6-7,9,11-13H2,1-3H3/p+1. The van der Waals surface area contributed by atoms with Crippen LogP contribution >= 0.6 is 0 Å². The zero-order valence-electron chi connectivity index (χ0n) is 15.2. The number of nitrogens with one attached hydrogen (secondary N) is 1. The summed E-state index contributed by atoms with van der Waals surface area (Å²) in [4.78, 5) is 29.2. The molecule has 25 heavy (non-hydrogen) atoms. The highest BCUT2D eigenvalue weighted by molar-refractivity contribution is 5.81. The van der Waals surface area contributed by atoms with Crippen LogP contribution in [-0.2, 0) is 16.0 Å². The van der Waals surface area contributed by atoms with Crippen LogP contribution in [0.4, 0.5) is 4.79 Å². The first-order valence-electron chi connectivity index (χ1n) is 8.71. The van der Waals surface area contributed by atoms with E-state index in [9.17, 15) is 14.7 Å². The van der Waals surface area contributed by atoms with Crippen molar-refractivity contribution in [3.63, 3.8) is 0 Å². The van der Waals surface area contributed by atoms with E-state index in [2.05, 4.69) is 10.3 Å². The van der Waals surface area contributed by atoms with E-state index < -0.39 is 23.8 Å². The minimum atomic E-state index is -1.46. The van der Waals surface area contributed by atoms with Crippen molar-refractivity contribution in [2.45, 2.75) is 51.9 Å². The Kier molecular flexibility index (Phi) is 6.13. The van der Waals surface area contributed by atoms with Crippen molar-refractivity contribution in [3.05, 3.63) is 30.1 Å². The Bertz CT molecular complexity index is 592. The molecule has 2 rings (SSSR count). The largest absolute Gasteiger partial charge is 0.519 e. The predicted octanol–water partition coefficient (Wildman–Crippen LogP) is 1.60. The number of hydrogen-bond donors (Lipinski definition) is 2. The quantitative estimate of drug-likeness (QED) is 0.788. The third-order valence-electron chi connectivity index (χ3n) is 4.23. The zero-order valence-corrected chi connectivity index (χ0v) is 15.2. The van der Waals surface area contributed by atoms with E-state index >= 15 is 0 Å². The number of quaternary nitrogens is 1. The number of rotatable bonds is 5. The first-order valence-corrected chi connectivity index (χ1v) is 8.71. The van der Waals surface area contributed by atoms with E-state index in [1.807, 2.05) is 18.2 Å². The second kappa shape index (κ2) is 7.93. The van der Waals surface area contributed by atoms with Crippen LogP contribution in [0.1, 0.15) is 39.3 Å². The number of carbonyl (C=O) groups is 2. The average Bonchev–Trinajstić information content (AvgIpc) is 3.04. The van der Waals surface area contributed by atoms with Gasteiger partial charge in [-0.2, -0.15) is 9.28 Å². The van der Waals surface area contributed by atoms with Crippen LogP contribution in [0.5, 0.6) is 0 Å². The van der Waals surface area contributed by atoms with Crippen LogP contribution in [0, 0.1) is 0 Å². The molecule has 1 unspecified atom stereocenters. The maximum absolute atomic E-state index is 12.6. The van der Waals surface area contributed by atoms with E-state index in [0.717, 1.165) is 18.5 Å². The Labute approximate surface area is 148 Å². The van der Waals surface area contributed by atoms with Gasteiger partial charge in [0.25, 0.3) is 6.23 Å². The molecule has 1 aromatic rings. The zero-order chi connectivity index (χ0) is 18.5. The van der Waals surface area contributed by atoms with Gasteiger partial charge in [0.15, 0.2) is 0 Å². The summed E-state index contributed by atoms with van der Waals surface area (Å²) < 4.78 is 5.10. The SMILES string of the molecule is CC(C)(C)OC(=O)[N+]1(C(O)C(=O)NCCc2ccccn2)CCCC1. The van der Waals surface area contributed by atoms with E-state index in [4.69, 9.17) is 4.74 Å². The van der Waals surface area contributed by atoms with Gasteiger partial charge in [-0.15, -0.1) is 0 Å². The minimum absolute atomic E-state index is 0.348. The fourth-order valence-electron chi connectivity index (χ4n) is 2.96. The number of amides is 2. The molecule has 0 aromatic carbocycles. The van der Waals surface area contributed by atoms with Crippen molar-refractivity contribution in [2.24, 2.45) is 0 Å². The first-order chi connectivity index (χ1) is 11.7. The average molecular weight is 350 g/mol. The van der Waals surface area contributed by atoms with Gasteiger partial charge in [0.05, 0.1) is 13.1 Å². The second-order valence-electron chi connectivity index (χ2n) is 7.40. The molecule has 1 aliphatic rings. The highest BCUT2D eigenvalue weighted by Crippen LogP contribution is 2.26. The number of aromatic nitrogens is 1. The molecule has 7 heteroatoms. The molecule has 1 aromatic heterocycles. The molecule has 1 aliphatic heterocycles. The summed E-state index contributed by atoms with van der Waals surface area (Å²) in [7, 11) is 0. The Morgan fingerprint density at radius 1 is 1.32 bits per heavy atom. The third-order valence-corrected chi connectivity index (χ3v) is 4.23. The van der Waals surface area contributed by atoms with Crippen LogP contribution in [0.3, 0.4) is 0 Å². The molecule has 7 nitrogen and oxygen atoms in total. The molecule has 2 N–H and O–H groups in total. The highest BCUT2D eigenvalue weighted by Gasteiger charge is 2.52. The highest BCUT2D eigenvalue weighted by atomic mass is 16.6. The fourth-order valence-corrected chi connectivity index (χ4v) is 2.96. The number of nitrogens with zero attached hydrogens (tertiary/aromatic N) is 2. The van der Waals surface area contributed by atoms with Gasteiger partial charge in [-0.25, -0.2) is 0 Å². The normalized spacial score (nSPS) is 17.8. The number of aliphatic hydroxyl groups excluding tert-OH is 1. The summed E-state index contributed by atoms with van der Waals surface area (Å²) in [5.74, 6) is -0.552. The second-order valence-corrected chi connectivity index (χ2v) is 7.40. The summed E-state index contributed by atoms with van der Waals surface area (Å²) in [6.45, 7) is 6.49. The monoisotopic (exact) mass is 350 g/mol. The molecule has 2 heterocycles. The summed E-state index contributed by atoms with van der Waals surface area (Å²) in [5.41, 5.74) is 0.189. The van der Waals surface area contributed by atoms with Gasteiger partial charge >= 0.3 is 12.0 Å². The lowest BCUT2D eigenvalue weighted by molar-refractivity contribution is -0.884. The molecule has 0 radical (unpaired) electrons. The lowest BCUT2D eigenvalue weighted by atomic mass is 10.2. The van der Waals surface area contributed by atoms with Crippen LogP contribution < -0.4 is 5.32 Å². The van der Waals surface area contributed by atoms with E-state index in [1.165, 1.54) is 0 Å². The fraction of sp³-hybridized carbons (Fsp3) is 0.611. The van der Waals surface area contributed by atoms with Crippen LogP contribution in [-0.4, -0.2) is 58.0 Å². The third kappa shape index (κ3) is 4.99. The molecule has 0 bridgehead atoms. The van der Waals surface area contributed by atoms with Crippen molar-refractivity contribution in [2.75, 3.05) is 19.6 Å². The minimum Gasteiger partial charge on any atom is -0.414 e. The van der Waals surface area contributed by atoms with Crippen LogP contribution in [0.2, 0.25) is 0 Å². The van der Waals surface area contributed by atoms with Gasteiger partial charge < -0.3 is 15.2 Å². The first kappa shape index (κ1) is 19.3. The number of likely N-dealkylation sites (tertiary alicyclic amines) is 1. The Hall–Kier alpha value is -1.99. The van der Waals surface area contributed by atoms with Crippen LogP contribution in [0.25, 0.3) is 0 Å². The topological polar surface area (TPSA) is 88.5 Å². The Balaban J connectivity index is 1.98. The van der Waals surface area contributed by atoms with Crippen LogP contribution in [0.15, 0.2) is 24.4 Å². The summed E-state index contributed by atoms with van der Waals surface area (Å²) in [5, 5.41) is 13.3. The van der Waals surface area contributed by atoms with Crippen molar-refractivity contribution in [3.8, 4) is 0 Å². The van der Waals surface area contributed by atoms with Crippen molar-refractivity contribution >= 4 is 12.0 Å². The lowest BCUT2D eigenvalue weighted by Gasteiger charge is -2.35. The number of ether oxygens (including phenoxy) is 1. The molecule has 1 fully saturated rings. The molecule has 0 aliphatic carbocycles. The number of pyridine rings is 1. The number of hydrogen-bond acceptors (Lipinski definition) is 5. The van der Waals surface area contributed by atoms with Crippen molar-refractivity contribution in [1.82, 2.24) is 10.3 Å². The Morgan fingerprint density at radius 3 is 2.56 bits per heavy atom. The van der Waals surface area contributed by atoms with Gasteiger partial charge in [-0.05, 0) is 32.9 Å². The maximum atomic E-state index is 12.6. The predicted molar refractivity (Wildman–Crippen MR) is 92.4 cm³/mol. The van der Waals surface area contributed by atoms with Crippen molar-refractivity contribution in [1.29, 1.82) is 0 Å². The summed E-state index contributed by atoms with van der Waals surface area (Å²) >= 11 is 0. The molecule has 1 saturated heterocycles. The number of carbonyl (C=O) groups excluding carboxylic acids is 2. The molecule has 0 spiro atoms. The van der Waals surface area contributed by atoms with Gasteiger partial charge in [0.2, 0.25) is 0 Å². The molecule has 2 amide bonds.